The van der Waals surface area contributed by atoms with Gasteiger partial charge in [-0.1, -0.05) is 96.8 Å². The first kappa shape index (κ1) is 35.7. The summed E-state index contributed by atoms with van der Waals surface area (Å²) in [4.78, 5) is 2.40. The highest BCUT2D eigenvalue weighted by molar-refractivity contribution is 8.15. The molecule has 48 heavy (non-hydrogen) atoms. The maximum atomic E-state index is 5.12. The Morgan fingerprint density at radius 1 is 1.00 bits per heavy atom. The lowest BCUT2D eigenvalue weighted by Crippen LogP contribution is -2.35. The van der Waals surface area contributed by atoms with E-state index in [1.165, 1.54) is 29.5 Å². The van der Waals surface area contributed by atoms with E-state index in [0.717, 1.165) is 72.4 Å². The van der Waals surface area contributed by atoms with Crippen LogP contribution in [0.25, 0.3) is 0 Å². The van der Waals surface area contributed by atoms with Gasteiger partial charge in [0.1, 0.15) is 16.1 Å². The zero-order valence-corrected chi connectivity index (χ0v) is 31.3. The molecule has 2 atom stereocenters. The van der Waals surface area contributed by atoms with E-state index in [1.54, 1.807) is 16.8 Å². The second-order valence-corrected chi connectivity index (χ2v) is 16.0. The number of nitrogens with zero attached hydrogens (tertiary/aromatic N) is 7. The SMILES string of the molecule is C=C(Nc1ccc(N2N=C(N3CCCC3)C(SC3=NN=NN(C)C3)C2=C)cc1)C(CC)Cc1ccc(C(C)(C)CC)cc1C(C)(C)CC. The van der Waals surface area contributed by atoms with Gasteiger partial charge >= 0.3 is 0 Å². The first-order valence-electron chi connectivity index (χ1n) is 17.7. The lowest BCUT2D eigenvalue weighted by Gasteiger charge is -2.32. The predicted molar refractivity (Wildman–Crippen MR) is 206 cm³/mol. The molecule has 1 N–H and O–H groups in total. The minimum Gasteiger partial charge on any atom is -0.359 e. The summed E-state index contributed by atoms with van der Waals surface area (Å²) in [6, 6.07) is 15.7. The minimum absolute atomic E-state index is 0.0175. The van der Waals surface area contributed by atoms with E-state index in [4.69, 9.17) is 5.10 Å². The van der Waals surface area contributed by atoms with Crippen LogP contribution in [0.3, 0.4) is 0 Å². The van der Waals surface area contributed by atoms with Gasteiger partial charge in [-0.2, -0.15) is 5.10 Å². The van der Waals surface area contributed by atoms with Crippen LogP contribution in [0.2, 0.25) is 0 Å². The molecule has 0 radical (unpaired) electrons. The molecule has 3 aliphatic rings. The summed E-state index contributed by atoms with van der Waals surface area (Å²) in [6.45, 7) is 28.0. The zero-order valence-electron chi connectivity index (χ0n) is 30.5. The molecule has 0 saturated carbocycles. The Labute approximate surface area is 293 Å². The second-order valence-electron chi connectivity index (χ2n) is 14.8. The zero-order chi connectivity index (χ0) is 34.6. The van der Waals surface area contributed by atoms with E-state index in [0.29, 0.717) is 12.5 Å². The van der Waals surface area contributed by atoms with Crippen molar-refractivity contribution in [3.8, 4) is 0 Å². The molecule has 9 heteroatoms. The molecular weight excluding hydrogens is 613 g/mol. The third kappa shape index (κ3) is 7.82. The third-order valence-electron chi connectivity index (χ3n) is 10.7. The van der Waals surface area contributed by atoms with E-state index in [2.05, 4.69) is 130 Å². The summed E-state index contributed by atoms with van der Waals surface area (Å²) in [6.07, 6.45) is 6.57. The quantitative estimate of drug-likeness (QED) is 0.244. The Hall–Kier alpha value is -3.59. The summed E-state index contributed by atoms with van der Waals surface area (Å²) in [7, 11) is 1.91. The summed E-state index contributed by atoms with van der Waals surface area (Å²) in [5, 5.41) is 25.7. The van der Waals surface area contributed by atoms with E-state index in [9.17, 15) is 0 Å². The number of likely N-dealkylation sites (tertiary alicyclic amines) is 1. The van der Waals surface area contributed by atoms with Gasteiger partial charge in [-0.15, -0.1) is 5.10 Å². The van der Waals surface area contributed by atoms with E-state index < -0.39 is 0 Å². The molecule has 3 aliphatic heterocycles. The van der Waals surface area contributed by atoms with Crippen LogP contribution < -0.4 is 10.3 Å². The molecule has 0 amide bonds. The van der Waals surface area contributed by atoms with Crippen LogP contribution in [0.15, 0.2) is 87.7 Å². The number of thioether (sulfide) groups is 1. The van der Waals surface area contributed by atoms with Crippen molar-refractivity contribution < 1.29 is 0 Å². The molecule has 8 nitrogen and oxygen atoms in total. The van der Waals surface area contributed by atoms with Crippen molar-refractivity contribution in [2.75, 3.05) is 37.0 Å². The van der Waals surface area contributed by atoms with Crippen LogP contribution in [0.1, 0.15) is 97.3 Å². The number of rotatable bonds is 12. The normalized spacial score (nSPS) is 19.1. The van der Waals surface area contributed by atoms with E-state index in [1.807, 2.05) is 12.1 Å². The average Bonchev–Trinajstić information content (AvgIpc) is 3.72. The largest absolute Gasteiger partial charge is 0.359 e. The van der Waals surface area contributed by atoms with Crippen molar-refractivity contribution in [2.45, 2.75) is 103 Å². The molecule has 1 saturated heterocycles. The smallest absolute Gasteiger partial charge is 0.145 e. The molecular formula is C39H56N8S. The standard InChI is InChI=1S/C39H56N8S/c1-11-29(24-30-16-17-31(38(6,7)12-2)25-34(30)39(8,9)13-3)27(4)40-32-18-20-33(21-19-32)47-28(5)36(37(42-47)46-22-14-15-23-46)48-35-26-45(10)44-43-41-35/h16-21,25,29,36,40H,4-5,11-15,22-24,26H2,1-3,6-10H3. The average molecular weight is 669 g/mol. The second kappa shape index (κ2) is 14.9. The van der Waals surface area contributed by atoms with Crippen LogP contribution in [-0.2, 0) is 17.3 Å². The van der Waals surface area contributed by atoms with Crippen molar-refractivity contribution in [1.29, 1.82) is 0 Å². The number of amidine groups is 1. The van der Waals surface area contributed by atoms with Crippen LogP contribution in [0.4, 0.5) is 11.4 Å². The molecule has 258 valence electrons. The molecule has 3 heterocycles. The van der Waals surface area contributed by atoms with Crippen LogP contribution >= 0.6 is 11.8 Å². The highest BCUT2D eigenvalue weighted by Gasteiger charge is 2.38. The van der Waals surface area contributed by atoms with Gasteiger partial charge in [0.2, 0.25) is 0 Å². The van der Waals surface area contributed by atoms with Gasteiger partial charge in [-0.3, -0.25) is 5.01 Å². The molecule has 5 rings (SSSR count). The summed E-state index contributed by atoms with van der Waals surface area (Å²) < 4.78 is 0. The van der Waals surface area contributed by atoms with Crippen LogP contribution in [-0.4, -0.2) is 52.7 Å². The third-order valence-corrected chi connectivity index (χ3v) is 11.9. The Kier molecular flexibility index (Phi) is 11.1. The maximum Gasteiger partial charge on any atom is 0.145 e. The number of hydrogen-bond acceptors (Lipinski definition) is 9. The van der Waals surface area contributed by atoms with E-state index in [-0.39, 0.29) is 16.1 Å². The van der Waals surface area contributed by atoms with E-state index >= 15 is 0 Å². The first-order valence-corrected chi connectivity index (χ1v) is 18.6. The Morgan fingerprint density at radius 3 is 2.31 bits per heavy atom. The fourth-order valence-electron chi connectivity index (χ4n) is 6.55. The monoisotopic (exact) mass is 668 g/mol. The number of nitrogens with one attached hydrogen (secondary N) is 1. The van der Waals surface area contributed by atoms with Crippen molar-refractivity contribution in [3.05, 3.63) is 83.7 Å². The summed E-state index contributed by atoms with van der Waals surface area (Å²) in [5.41, 5.74) is 8.62. The van der Waals surface area contributed by atoms with Gasteiger partial charge in [0.05, 0.1) is 17.9 Å². The number of hydrogen-bond donors (Lipinski definition) is 1. The van der Waals surface area contributed by atoms with Gasteiger partial charge in [0.25, 0.3) is 0 Å². The molecule has 0 bridgehead atoms. The fourth-order valence-corrected chi connectivity index (χ4v) is 7.70. The number of benzene rings is 2. The van der Waals surface area contributed by atoms with Gasteiger partial charge < -0.3 is 10.2 Å². The van der Waals surface area contributed by atoms with Crippen LogP contribution in [0.5, 0.6) is 0 Å². The van der Waals surface area contributed by atoms with Crippen molar-refractivity contribution >= 4 is 34.0 Å². The molecule has 0 aromatic heterocycles. The van der Waals surface area contributed by atoms with Gasteiger partial charge in [-0.25, -0.2) is 5.01 Å². The minimum atomic E-state index is -0.0175. The molecule has 2 aromatic rings. The Bertz CT molecular complexity index is 1560. The highest BCUT2D eigenvalue weighted by Crippen LogP contribution is 2.39. The lowest BCUT2D eigenvalue weighted by atomic mass is 9.73. The predicted octanol–water partition coefficient (Wildman–Crippen LogP) is 9.73. The van der Waals surface area contributed by atoms with Crippen molar-refractivity contribution in [1.82, 2.24) is 9.91 Å². The molecule has 0 spiro atoms. The number of allylic oxidation sites excluding steroid dienone is 1. The molecule has 2 aromatic carbocycles. The summed E-state index contributed by atoms with van der Waals surface area (Å²) >= 11 is 1.67. The molecule has 1 fully saturated rings. The first-order chi connectivity index (χ1) is 22.9. The Morgan fingerprint density at radius 2 is 1.69 bits per heavy atom. The lowest BCUT2D eigenvalue weighted by molar-refractivity contribution is 0.363. The van der Waals surface area contributed by atoms with Gasteiger partial charge in [0.15, 0.2) is 0 Å². The number of anilines is 2. The van der Waals surface area contributed by atoms with Crippen molar-refractivity contribution in [2.24, 2.45) is 26.6 Å². The number of hydrazone groups is 1. The topological polar surface area (TPSA) is 71.2 Å². The summed E-state index contributed by atoms with van der Waals surface area (Å²) in [5.74, 6) is 1.36. The van der Waals surface area contributed by atoms with Crippen LogP contribution in [0, 0.1) is 5.92 Å². The molecule has 2 unspecified atom stereocenters. The molecule has 0 aliphatic carbocycles. The highest BCUT2D eigenvalue weighted by atomic mass is 32.2. The van der Waals surface area contributed by atoms with Crippen molar-refractivity contribution in [3.63, 3.8) is 0 Å². The van der Waals surface area contributed by atoms with Gasteiger partial charge in [-0.05, 0) is 95.5 Å². The fraction of sp³-hybridized carbons (Fsp3) is 0.538. The maximum absolute atomic E-state index is 5.12. The van der Waals surface area contributed by atoms with Gasteiger partial charge in [0, 0.05) is 37.4 Å². The Balaban J connectivity index is 1.30.